The molecule has 0 saturated carbocycles. The molecule has 0 atom stereocenters. The van der Waals surface area contributed by atoms with Crippen molar-refractivity contribution >= 4 is 11.6 Å². The zero-order valence-corrected chi connectivity index (χ0v) is 11.2. The van der Waals surface area contributed by atoms with Gasteiger partial charge in [0.05, 0.1) is 6.54 Å². The van der Waals surface area contributed by atoms with E-state index in [4.69, 9.17) is 0 Å². The molecule has 104 valence electrons. The van der Waals surface area contributed by atoms with Crippen molar-refractivity contribution in [3.63, 3.8) is 0 Å². The van der Waals surface area contributed by atoms with E-state index >= 15 is 0 Å². The normalized spacial score (nSPS) is 10.0. The van der Waals surface area contributed by atoms with Crippen molar-refractivity contribution in [3.8, 4) is 5.75 Å². The molecule has 0 spiro atoms. The van der Waals surface area contributed by atoms with Crippen LogP contribution in [0.5, 0.6) is 5.75 Å². The average Bonchev–Trinajstić information content (AvgIpc) is 2.48. The van der Waals surface area contributed by atoms with Crippen LogP contribution in [0.15, 0.2) is 54.6 Å². The number of aromatic hydroxyl groups is 1. The number of hydrogen-bond donors (Lipinski definition) is 3. The van der Waals surface area contributed by atoms with Crippen LogP contribution in [0.25, 0.3) is 0 Å². The standard InChI is InChI=1S/C16H18N2O2/c19-15-8-6-13(7-9-15)10-11-17-16(20)12-18-14-4-2-1-3-5-14/h1-9,18-19H,10-12H2,(H,17,20). The Hall–Kier alpha value is -2.49. The topological polar surface area (TPSA) is 61.4 Å². The molecule has 0 unspecified atom stereocenters. The fourth-order valence-corrected chi connectivity index (χ4v) is 1.81. The van der Waals surface area contributed by atoms with Crippen molar-refractivity contribution in [3.05, 3.63) is 60.2 Å². The van der Waals surface area contributed by atoms with Gasteiger partial charge in [-0.3, -0.25) is 4.79 Å². The van der Waals surface area contributed by atoms with Gasteiger partial charge in [0.1, 0.15) is 5.75 Å². The first kappa shape index (κ1) is 13.9. The summed E-state index contributed by atoms with van der Waals surface area (Å²) in [6.45, 7) is 0.847. The largest absolute Gasteiger partial charge is 0.508 e. The van der Waals surface area contributed by atoms with Crippen molar-refractivity contribution in [1.29, 1.82) is 0 Å². The zero-order valence-electron chi connectivity index (χ0n) is 11.2. The fourth-order valence-electron chi connectivity index (χ4n) is 1.81. The molecule has 0 heterocycles. The monoisotopic (exact) mass is 270 g/mol. The lowest BCUT2D eigenvalue weighted by molar-refractivity contribution is -0.119. The number of benzene rings is 2. The van der Waals surface area contributed by atoms with Crippen LogP contribution in [0.2, 0.25) is 0 Å². The highest BCUT2D eigenvalue weighted by Gasteiger charge is 2.00. The van der Waals surface area contributed by atoms with Gasteiger partial charge in [-0.05, 0) is 36.2 Å². The third-order valence-corrected chi connectivity index (χ3v) is 2.90. The molecule has 0 aliphatic carbocycles. The Bertz CT molecular complexity index is 538. The Morgan fingerprint density at radius 1 is 1.00 bits per heavy atom. The highest BCUT2D eigenvalue weighted by Crippen LogP contribution is 2.09. The van der Waals surface area contributed by atoms with Gasteiger partial charge < -0.3 is 15.7 Å². The van der Waals surface area contributed by atoms with E-state index in [1.54, 1.807) is 12.1 Å². The molecule has 0 saturated heterocycles. The van der Waals surface area contributed by atoms with Gasteiger partial charge >= 0.3 is 0 Å². The highest BCUT2D eigenvalue weighted by atomic mass is 16.3. The number of para-hydroxylation sites is 1. The smallest absolute Gasteiger partial charge is 0.239 e. The van der Waals surface area contributed by atoms with Crippen molar-refractivity contribution in [2.24, 2.45) is 0 Å². The Kier molecular flexibility index (Phi) is 5.00. The molecule has 0 radical (unpaired) electrons. The molecule has 2 rings (SSSR count). The number of rotatable bonds is 6. The van der Waals surface area contributed by atoms with Gasteiger partial charge in [0.25, 0.3) is 0 Å². The van der Waals surface area contributed by atoms with Crippen LogP contribution >= 0.6 is 0 Å². The maximum Gasteiger partial charge on any atom is 0.239 e. The molecule has 0 aromatic heterocycles. The van der Waals surface area contributed by atoms with Gasteiger partial charge in [-0.1, -0.05) is 30.3 Å². The van der Waals surface area contributed by atoms with Crippen LogP contribution in [-0.4, -0.2) is 24.1 Å². The third kappa shape index (κ3) is 4.65. The summed E-state index contributed by atoms with van der Waals surface area (Å²) < 4.78 is 0. The number of carbonyl (C=O) groups excluding carboxylic acids is 1. The second kappa shape index (κ2) is 7.19. The van der Waals surface area contributed by atoms with E-state index in [1.165, 1.54) is 0 Å². The first-order valence-corrected chi connectivity index (χ1v) is 6.57. The number of amides is 1. The average molecular weight is 270 g/mol. The van der Waals surface area contributed by atoms with Gasteiger partial charge in [0, 0.05) is 12.2 Å². The molecule has 20 heavy (non-hydrogen) atoms. The van der Waals surface area contributed by atoms with Gasteiger partial charge in [0.15, 0.2) is 0 Å². The predicted molar refractivity (Wildman–Crippen MR) is 79.8 cm³/mol. The van der Waals surface area contributed by atoms with Gasteiger partial charge in [0.2, 0.25) is 5.91 Å². The Morgan fingerprint density at radius 3 is 2.40 bits per heavy atom. The summed E-state index contributed by atoms with van der Waals surface area (Å²) in [5.74, 6) is 0.220. The van der Waals surface area contributed by atoms with Crippen LogP contribution in [0.3, 0.4) is 0 Å². The summed E-state index contributed by atoms with van der Waals surface area (Å²) in [4.78, 5) is 11.6. The molecule has 0 aliphatic heterocycles. The van der Waals surface area contributed by atoms with Gasteiger partial charge in [-0.25, -0.2) is 0 Å². The molecule has 4 nitrogen and oxygen atoms in total. The van der Waals surface area contributed by atoms with Crippen molar-refractivity contribution in [1.82, 2.24) is 5.32 Å². The van der Waals surface area contributed by atoms with E-state index in [1.807, 2.05) is 42.5 Å². The van der Waals surface area contributed by atoms with Crippen LogP contribution < -0.4 is 10.6 Å². The van der Waals surface area contributed by atoms with Crippen molar-refractivity contribution < 1.29 is 9.90 Å². The number of phenols is 1. The zero-order chi connectivity index (χ0) is 14.2. The molecule has 2 aromatic rings. The second-order valence-electron chi connectivity index (χ2n) is 4.49. The quantitative estimate of drug-likeness (QED) is 0.754. The van der Waals surface area contributed by atoms with Gasteiger partial charge in [-0.2, -0.15) is 0 Å². The maximum atomic E-state index is 11.6. The molecule has 0 aliphatic rings. The van der Waals surface area contributed by atoms with Crippen LogP contribution in [0.1, 0.15) is 5.56 Å². The van der Waals surface area contributed by atoms with E-state index in [0.717, 1.165) is 17.7 Å². The molecule has 4 heteroatoms. The Labute approximate surface area is 118 Å². The first-order chi connectivity index (χ1) is 9.74. The van der Waals surface area contributed by atoms with E-state index in [0.29, 0.717) is 6.54 Å². The molecule has 0 fully saturated rings. The summed E-state index contributed by atoms with van der Waals surface area (Å²) in [7, 11) is 0. The Morgan fingerprint density at radius 2 is 1.70 bits per heavy atom. The minimum atomic E-state index is -0.0346. The molecule has 1 amide bonds. The third-order valence-electron chi connectivity index (χ3n) is 2.90. The minimum Gasteiger partial charge on any atom is -0.508 e. The van der Waals surface area contributed by atoms with E-state index in [-0.39, 0.29) is 18.2 Å². The van der Waals surface area contributed by atoms with Crippen molar-refractivity contribution in [2.75, 3.05) is 18.4 Å². The number of nitrogens with one attached hydrogen (secondary N) is 2. The summed E-state index contributed by atoms with van der Waals surface area (Å²) in [5.41, 5.74) is 2.01. The summed E-state index contributed by atoms with van der Waals surface area (Å²) >= 11 is 0. The van der Waals surface area contributed by atoms with Crippen LogP contribution in [0.4, 0.5) is 5.69 Å². The lowest BCUT2D eigenvalue weighted by Gasteiger charge is -2.07. The van der Waals surface area contributed by atoms with E-state index < -0.39 is 0 Å². The predicted octanol–water partition coefficient (Wildman–Crippen LogP) is 2.16. The molecule has 0 bridgehead atoms. The number of anilines is 1. The molecule has 2 aromatic carbocycles. The lowest BCUT2D eigenvalue weighted by atomic mass is 10.1. The number of phenolic OH excluding ortho intramolecular Hbond substituents is 1. The molecule has 3 N–H and O–H groups in total. The minimum absolute atomic E-state index is 0.0346. The number of hydrogen-bond acceptors (Lipinski definition) is 3. The van der Waals surface area contributed by atoms with Crippen LogP contribution in [-0.2, 0) is 11.2 Å². The highest BCUT2D eigenvalue weighted by molar-refractivity contribution is 5.80. The van der Waals surface area contributed by atoms with E-state index in [2.05, 4.69) is 10.6 Å². The van der Waals surface area contributed by atoms with Crippen molar-refractivity contribution in [2.45, 2.75) is 6.42 Å². The van der Waals surface area contributed by atoms with Gasteiger partial charge in [-0.15, -0.1) is 0 Å². The fraction of sp³-hybridized carbons (Fsp3) is 0.188. The lowest BCUT2D eigenvalue weighted by Crippen LogP contribution is -2.31. The van der Waals surface area contributed by atoms with Crippen LogP contribution in [0, 0.1) is 0 Å². The second-order valence-corrected chi connectivity index (χ2v) is 4.49. The SMILES string of the molecule is O=C(CNc1ccccc1)NCCc1ccc(O)cc1. The Balaban J connectivity index is 1.66. The first-order valence-electron chi connectivity index (χ1n) is 6.57. The summed E-state index contributed by atoms with van der Waals surface area (Å²) in [6.07, 6.45) is 0.747. The molecular weight excluding hydrogens is 252 g/mol. The maximum absolute atomic E-state index is 11.6. The van der Waals surface area contributed by atoms with E-state index in [9.17, 15) is 9.90 Å². The summed E-state index contributed by atoms with van der Waals surface area (Å²) in [6, 6.07) is 16.6. The summed E-state index contributed by atoms with van der Waals surface area (Å²) in [5, 5.41) is 15.1. The molecular formula is C16H18N2O2. The number of carbonyl (C=O) groups is 1.